The molecule has 0 aromatic heterocycles. The second-order valence-corrected chi connectivity index (χ2v) is 13.7. The largest absolute Gasteiger partial charge is 0.543 e. The van der Waals surface area contributed by atoms with Gasteiger partial charge in [-0.15, -0.1) is 0 Å². The lowest BCUT2D eigenvalue weighted by atomic mass is 9.95. The van der Waals surface area contributed by atoms with Gasteiger partial charge in [-0.25, -0.2) is 0 Å². The number of esters is 1. The molecule has 0 N–H and O–H groups in total. The Balaban J connectivity index is 3.66. The Labute approximate surface area is 160 Å². The van der Waals surface area contributed by atoms with Crippen molar-refractivity contribution in [2.75, 3.05) is 0 Å². The summed E-state index contributed by atoms with van der Waals surface area (Å²) >= 11 is 0. The first kappa shape index (κ1) is 22.5. The lowest BCUT2D eigenvalue weighted by Crippen LogP contribution is -2.44. The van der Waals surface area contributed by atoms with E-state index in [9.17, 15) is 4.79 Å². The topological polar surface area (TPSA) is 35.5 Å². The number of carbonyl (C=O) groups is 1. The maximum absolute atomic E-state index is 11.6. The predicted octanol–water partition coefficient (Wildman–Crippen LogP) is 6.43. The highest BCUT2D eigenvalue weighted by molar-refractivity contribution is 6.74. The Morgan fingerprint density at radius 2 is 1.46 bits per heavy atom. The molecule has 0 radical (unpaired) electrons. The first-order valence-corrected chi connectivity index (χ1v) is 12.2. The van der Waals surface area contributed by atoms with E-state index in [1.54, 1.807) is 0 Å². The predicted molar refractivity (Wildman–Crippen MR) is 113 cm³/mol. The molecule has 1 aromatic rings. The first-order chi connectivity index (χ1) is 11.7. The molecule has 0 unspecified atom stereocenters. The molecule has 146 valence electrons. The quantitative estimate of drug-likeness (QED) is 0.257. The van der Waals surface area contributed by atoms with Gasteiger partial charge in [-0.05, 0) is 75.9 Å². The molecule has 0 fully saturated rings. The van der Waals surface area contributed by atoms with Gasteiger partial charge in [0.25, 0.3) is 8.32 Å². The molecule has 0 aliphatic rings. The number of ether oxygens (including phenoxy) is 1. The molecule has 1 rings (SSSR count). The molecule has 0 amide bonds. The zero-order chi connectivity index (χ0) is 20.4. The smallest absolute Gasteiger partial charge is 0.308 e. The second-order valence-electron chi connectivity index (χ2n) is 8.95. The summed E-state index contributed by atoms with van der Waals surface area (Å²) in [6.45, 7) is 23.0. The standard InChI is InChI=1S/C22H36O3Si/c1-14(2)12-13-19-17(5)20(24-18(6)23)15(3)16(4)21(19)25-26(10,11)22(7,8)9/h12H,13H2,1-11H3. The Kier molecular flexibility index (Phi) is 6.91. The Morgan fingerprint density at radius 1 is 0.962 bits per heavy atom. The van der Waals surface area contributed by atoms with Gasteiger partial charge in [-0.2, -0.15) is 0 Å². The molecule has 26 heavy (non-hydrogen) atoms. The van der Waals surface area contributed by atoms with Crippen LogP contribution in [0.4, 0.5) is 0 Å². The fourth-order valence-corrected chi connectivity index (χ4v) is 3.64. The molecule has 4 heteroatoms. The minimum Gasteiger partial charge on any atom is -0.543 e. The molecule has 0 saturated carbocycles. The van der Waals surface area contributed by atoms with Gasteiger partial charge in [-0.3, -0.25) is 4.79 Å². The van der Waals surface area contributed by atoms with Gasteiger partial charge in [0.1, 0.15) is 11.5 Å². The minimum absolute atomic E-state index is 0.115. The van der Waals surface area contributed by atoms with Crippen LogP contribution in [0.5, 0.6) is 11.5 Å². The van der Waals surface area contributed by atoms with E-state index in [0.717, 1.165) is 34.4 Å². The van der Waals surface area contributed by atoms with Crippen molar-refractivity contribution in [3.05, 3.63) is 33.9 Å². The van der Waals surface area contributed by atoms with E-state index < -0.39 is 8.32 Å². The Morgan fingerprint density at radius 3 is 1.88 bits per heavy atom. The molecule has 0 aliphatic carbocycles. The third kappa shape index (κ3) is 5.00. The molecule has 0 spiro atoms. The van der Waals surface area contributed by atoms with Crippen LogP contribution in [0.15, 0.2) is 11.6 Å². The molecular formula is C22H36O3Si. The summed E-state index contributed by atoms with van der Waals surface area (Å²) < 4.78 is 12.3. The van der Waals surface area contributed by atoms with Crippen molar-refractivity contribution in [1.82, 2.24) is 0 Å². The summed E-state index contributed by atoms with van der Waals surface area (Å²) in [6.07, 6.45) is 2.97. The number of allylic oxidation sites excluding steroid dienone is 2. The van der Waals surface area contributed by atoms with Gasteiger partial charge in [0, 0.05) is 12.5 Å². The van der Waals surface area contributed by atoms with Crippen molar-refractivity contribution in [2.45, 2.75) is 86.9 Å². The highest BCUT2D eigenvalue weighted by atomic mass is 28.4. The van der Waals surface area contributed by atoms with Gasteiger partial charge in [0.15, 0.2) is 0 Å². The maximum Gasteiger partial charge on any atom is 0.308 e. The monoisotopic (exact) mass is 376 g/mol. The lowest BCUT2D eigenvalue weighted by Gasteiger charge is -2.38. The molecule has 0 atom stereocenters. The number of hydrogen-bond donors (Lipinski definition) is 0. The van der Waals surface area contributed by atoms with Crippen LogP contribution in [0.2, 0.25) is 18.1 Å². The molecular weight excluding hydrogens is 340 g/mol. The van der Waals surface area contributed by atoms with Crippen LogP contribution in [-0.2, 0) is 11.2 Å². The van der Waals surface area contributed by atoms with E-state index in [0.29, 0.717) is 5.75 Å². The number of carbonyl (C=O) groups excluding carboxylic acids is 1. The fourth-order valence-electron chi connectivity index (χ4n) is 2.55. The van der Waals surface area contributed by atoms with E-state index in [4.69, 9.17) is 9.16 Å². The molecule has 0 saturated heterocycles. The molecule has 0 aliphatic heterocycles. The van der Waals surface area contributed by atoms with E-state index in [1.165, 1.54) is 12.5 Å². The summed E-state index contributed by atoms with van der Waals surface area (Å²) in [5, 5.41) is 0.115. The summed E-state index contributed by atoms with van der Waals surface area (Å²) in [5.41, 5.74) is 5.42. The minimum atomic E-state index is -1.99. The van der Waals surface area contributed by atoms with Crippen LogP contribution in [0.1, 0.15) is 63.8 Å². The summed E-state index contributed by atoms with van der Waals surface area (Å²) in [4.78, 5) is 11.6. The Bertz CT molecular complexity index is 718. The molecule has 0 bridgehead atoms. The van der Waals surface area contributed by atoms with Crippen molar-refractivity contribution in [3.8, 4) is 11.5 Å². The second kappa shape index (κ2) is 7.99. The highest BCUT2D eigenvalue weighted by Crippen LogP contribution is 2.43. The normalized spacial score (nSPS) is 12.0. The van der Waals surface area contributed by atoms with Crippen LogP contribution in [0.25, 0.3) is 0 Å². The average molecular weight is 377 g/mol. The average Bonchev–Trinajstić information content (AvgIpc) is 2.47. The summed E-state index contributed by atoms with van der Waals surface area (Å²) in [7, 11) is -1.99. The van der Waals surface area contributed by atoms with Crippen LogP contribution in [0.3, 0.4) is 0 Å². The molecule has 0 heterocycles. The molecule has 1 aromatic carbocycles. The lowest BCUT2D eigenvalue weighted by molar-refractivity contribution is -0.131. The van der Waals surface area contributed by atoms with Crippen LogP contribution >= 0.6 is 0 Å². The van der Waals surface area contributed by atoms with E-state index in [1.807, 2.05) is 13.8 Å². The zero-order valence-electron chi connectivity index (χ0n) is 18.5. The maximum atomic E-state index is 11.6. The molecule has 3 nitrogen and oxygen atoms in total. The number of benzene rings is 1. The van der Waals surface area contributed by atoms with Gasteiger partial charge in [0.2, 0.25) is 0 Å². The SMILES string of the molecule is CC(=O)Oc1c(C)c(C)c(O[Si](C)(C)C(C)(C)C)c(CC=C(C)C)c1C. The highest BCUT2D eigenvalue weighted by Gasteiger charge is 2.40. The number of rotatable bonds is 5. The van der Waals surface area contributed by atoms with E-state index in [-0.39, 0.29) is 11.0 Å². The van der Waals surface area contributed by atoms with E-state index in [2.05, 4.69) is 60.7 Å². The number of hydrogen-bond acceptors (Lipinski definition) is 3. The van der Waals surface area contributed by atoms with Crippen molar-refractivity contribution in [2.24, 2.45) is 0 Å². The van der Waals surface area contributed by atoms with Gasteiger partial charge in [0.05, 0.1) is 0 Å². The summed E-state index contributed by atoms with van der Waals surface area (Å²) in [6, 6.07) is 0. The van der Waals surface area contributed by atoms with Crippen LogP contribution in [-0.4, -0.2) is 14.3 Å². The van der Waals surface area contributed by atoms with Crippen molar-refractivity contribution in [1.29, 1.82) is 0 Å². The zero-order valence-corrected chi connectivity index (χ0v) is 19.5. The van der Waals surface area contributed by atoms with Crippen molar-refractivity contribution in [3.63, 3.8) is 0 Å². The van der Waals surface area contributed by atoms with Crippen LogP contribution in [0, 0.1) is 20.8 Å². The first-order valence-electron chi connectivity index (χ1n) is 9.32. The van der Waals surface area contributed by atoms with Crippen molar-refractivity contribution >= 4 is 14.3 Å². The van der Waals surface area contributed by atoms with Gasteiger partial charge >= 0.3 is 5.97 Å². The van der Waals surface area contributed by atoms with Crippen molar-refractivity contribution < 1.29 is 14.0 Å². The third-order valence-corrected chi connectivity index (χ3v) is 9.76. The van der Waals surface area contributed by atoms with Gasteiger partial charge < -0.3 is 9.16 Å². The van der Waals surface area contributed by atoms with Crippen LogP contribution < -0.4 is 9.16 Å². The Hall–Kier alpha value is -1.55. The fraction of sp³-hybridized carbons (Fsp3) is 0.591. The third-order valence-electron chi connectivity index (χ3n) is 5.43. The van der Waals surface area contributed by atoms with E-state index >= 15 is 0 Å². The van der Waals surface area contributed by atoms with Gasteiger partial charge in [-0.1, -0.05) is 32.4 Å². The summed E-state index contributed by atoms with van der Waals surface area (Å²) in [5.74, 6) is 1.36.